The molecule has 0 radical (unpaired) electrons. The van der Waals surface area contributed by atoms with Gasteiger partial charge in [0, 0.05) is 42.3 Å². The molecule has 6 heteroatoms. The van der Waals surface area contributed by atoms with E-state index in [1.807, 2.05) is 4.57 Å². The fourth-order valence-electron chi connectivity index (χ4n) is 4.94. The number of benzene rings is 1. The van der Waals surface area contributed by atoms with Crippen LogP contribution in [0, 0.1) is 5.41 Å². The van der Waals surface area contributed by atoms with Gasteiger partial charge in [-0.1, -0.05) is 32.9 Å². The van der Waals surface area contributed by atoms with Crippen LogP contribution in [0.1, 0.15) is 55.6 Å². The van der Waals surface area contributed by atoms with Crippen molar-refractivity contribution >= 4 is 22.6 Å². The molecule has 1 saturated heterocycles. The zero-order chi connectivity index (χ0) is 21.2. The van der Waals surface area contributed by atoms with E-state index in [-0.39, 0.29) is 17.0 Å². The molecule has 1 unspecified atom stereocenters. The molecule has 1 fully saturated rings. The molecule has 0 amide bonds. The van der Waals surface area contributed by atoms with E-state index < -0.39 is 11.4 Å². The molecule has 0 spiro atoms. The highest BCUT2D eigenvalue weighted by Gasteiger charge is 2.36. The van der Waals surface area contributed by atoms with Gasteiger partial charge in [-0.3, -0.25) is 4.79 Å². The molecule has 1 aromatic carbocycles. The first-order chi connectivity index (χ1) is 14.3. The number of carboxylic acid groups (broad SMARTS) is 1. The molecule has 4 heterocycles. The number of hydrogen-bond donors (Lipinski definition) is 1. The Hall–Kier alpha value is -3.02. The third kappa shape index (κ3) is 2.77. The molecule has 0 saturated carbocycles. The largest absolute Gasteiger partial charge is 0.477 e. The van der Waals surface area contributed by atoms with E-state index in [1.165, 1.54) is 25.1 Å². The maximum atomic E-state index is 12.5. The van der Waals surface area contributed by atoms with Gasteiger partial charge in [0.15, 0.2) is 16.8 Å². The SMILES string of the molecule is CC(C)(C)C1Cc2c(oc3c(N4CCCC4)cccc23)-c2cc(=O)c(C(=O)O)cn21. The molecule has 2 aliphatic rings. The van der Waals surface area contributed by atoms with E-state index >= 15 is 0 Å². The molecule has 30 heavy (non-hydrogen) atoms. The van der Waals surface area contributed by atoms with Crippen LogP contribution in [0.2, 0.25) is 0 Å². The summed E-state index contributed by atoms with van der Waals surface area (Å²) in [5.74, 6) is -0.513. The van der Waals surface area contributed by atoms with E-state index in [1.54, 1.807) is 0 Å². The predicted octanol–water partition coefficient (Wildman–Crippen LogP) is 4.70. The number of aromatic carboxylic acids is 1. The van der Waals surface area contributed by atoms with E-state index in [4.69, 9.17) is 4.42 Å². The second kappa shape index (κ2) is 6.49. The minimum Gasteiger partial charge on any atom is -0.477 e. The van der Waals surface area contributed by atoms with E-state index in [9.17, 15) is 14.7 Å². The van der Waals surface area contributed by atoms with Crippen LogP contribution in [0.15, 0.2) is 39.7 Å². The van der Waals surface area contributed by atoms with Gasteiger partial charge in [-0.05, 0) is 30.7 Å². The molecule has 0 aliphatic carbocycles. The lowest BCUT2D eigenvalue weighted by Crippen LogP contribution is -2.32. The summed E-state index contributed by atoms with van der Waals surface area (Å²) in [6.45, 7) is 8.47. The van der Waals surface area contributed by atoms with Crippen molar-refractivity contribution in [1.29, 1.82) is 0 Å². The van der Waals surface area contributed by atoms with Gasteiger partial charge in [0.05, 0.1) is 11.4 Å². The lowest BCUT2D eigenvalue weighted by molar-refractivity contribution is 0.0693. The Morgan fingerprint density at radius 1 is 1.20 bits per heavy atom. The summed E-state index contributed by atoms with van der Waals surface area (Å²) in [7, 11) is 0. The third-order valence-corrected chi connectivity index (χ3v) is 6.52. The van der Waals surface area contributed by atoms with Crippen molar-refractivity contribution < 1.29 is 14.3 Å². The average Bonchev–Trinajstić information content (AvgIpc) is 3.33. The summed E-state index contributed by atoms with van der Waals surface area (Å²) in [4.78, 5) is 26.5. The first-order valence-electron chi connectivity index (χ1n) is 10.5. The molecule has 1 atom stereocenters. The number of pyridine rings is 1. The van der Waals surface area contributed by atoms with Crippen LogP contribution in [-0.4, -0.2) is 28.7 Å². The van der Waals surface area contributed by atoms with Crippen LogP contribution >= 0.6 is 0 Å². The van der Waals surface area contributed by atoms with Crippen molar-refractivity contribution in [3.05, 3.63) is 51.8 Å². The van der Waals surface area contributed by atoms with Crippen molar-refractivity contribution in [2.24, 2.45) is 5.41 Å². The number of aromatic nitrogens is 1. The number of carboxylic acids is 1. The van der Waals surface area contributed by atoms with Crippen molar-refractivity contribution in [3.8, 4) is 11.5 Å². The van der Waals surface area contributed by atoms with Gasteiger partial charge in [0.2, 0.25) is 0 Å². The number of fused-ring (bicyclic) bond motifs is 5. The summed E-state index contributed by atoms with van der Waals surface area (Å²) < 4.78 is 8.36. The van der Waals surface area contributed by atoms with Crippen molar-refractivity contribution in [2.75, 3.05) is 18.0 Å². The van der Waals surface area contributed by atoms with Crippen LogP contribution in [0.25, 0.3) is 22.4 Å². The Bertz CT molecular complexity index is 1220. The molecular formula is C24H26N2O4. The summed E-state index contributed by atoms with van der Waals surface area (Å²) in [5.41, 5.74) is 2.90. The highest BCUT2D eigenvalue weighted by molar-refractivity contribution is 5.96. The van der Waals surface area contributed by atoms with Crippen molar-refractivity contribution in [3.63, 3.8) is 0 Å². The zero-order valence-corrected chi connectivity index (χ0v) is 17.6. The standard InChI is InChI=1S/C24H26N2O4/c1-24(2,3)20-11-15-14-7-6-8-17(25-9-4-5-10-25)21(14)30-22(15)18-12-19(27)16(23(28)29)13-26(18)20/h6-8,12-13,20H,4-5,9-11H2,1-3H3,(H,28,29). The Balaban J connectivity index is 1.79. The molecule has 6 nitrogen and oxygen atoms in total. The number of anilines is 1. The van der Waals surface area contributed by atoms with Crippen LogP contribution in [0.3, 0.4) is 0 Å². The number of para-hydroxylation sites is 1. The van der Waals surface area contributed by atoms with Crippen molar-refractivity contribution in [1.82, 2.24) is 4.57 Å². The monoisotopic (exact) mass is 406 g/mol. The number of hydrogen-bond acceptors (Lipinski definition) is 4. The fraction of sp³-hybridized carbons (Fsp3) is 0.417. The number of furan rings is 1. The summed E-state index contributed by atoms with van der Waals surface area (Å²) in [6.07, 6.45) is 4.58. The lowest BCUT2D eigenvalue weighted by atomic mass is 9.80. The number of carbonyl (C=O) groups is 1. The predicted molar refractivity (Wildman–Crippen MR) is 117 cm³/mol. The molecule has 2 aliphatic heterocycles. The highest BCUT2D eigenvalue weighted by atomic mass is 16.4. The van der Waals surface area contributed by atoms with Crippen molar-refractivity contribution in [2.45, 2.75) is 46.1 Å². The molecule has 5 rings (SSSR count). The molecule has 3 aromatic rings. The quantitative estimate of drug-likeness (QED) is 0.667. The maximum absolute atomic E-state index is 12.5. The normalized spacial score (nSPS) is 18.5. The second-order valence-electron chi connectivity index (χ2n) is 9.49. The van der Waals surface area contributed by atoms with E-state index in [0.717, 1.165) is 41.7 Å². The molecular weight excluding hydrogens is 380 g/mol. The van der Waals surface area contributed by atoms with Gasteiger partial charge < -0.3 is 19.0 Å². The van der Waals surface area contributed by atoms with Crippen LogP contribution in [0.4, 0.5) is 5.69 Å². The molecule has 1 N–H and O–H groups in total. The lowest BCUT2D eigenvalue weighted by Gasteiger charge is -2.37. The maximum Gasteiger partial charge on any atom is 0.341 e. The van der Waals surface area contributed by atoms with Crippen LogP contribution in [0.5, 0.6) is 0 Å². The molecule has 0 bridgehead atoms. The summed E-state index contributed by atoms with van der Waals surface area (Å²) in [6, 6.07) is 7.71. The van der Waals surface area contributed by atoms with Gasteiger partial charge in [-0.15, -0.1) is 0 Å². The fourth-order valence-corrected chi connectivity index (χ4v) is 4.94. The van der Waals surface area contributed by atoms with Gasteiger partial charge in [0.25, 0.3) is 0 Å². The van der Waals surface area contributed by atoms with E-state index in [2.05, 4.69) is 43.9 Å². The number of rotatable bonds is 2. The minimum atomic E-state index is -1.20. The van der Waals surface area contributed by atoms with Gasteiger partial charge in [-0.2, -0.15) is 0 Å². The number of nitrogens with zero attached hydrogens (tertiary/aromatic N) is 2. The smallest absolute Gasteiger partial charge is 0.341 e. The molecule has 156 valence electrons. The first-order valence-corrected chi connectivity index (χ1v) is 10.5. The van der Waals surface area contributed by atoms with E-state index in [0.29, 0.717) is 11.5 Å². The Kier molecular flexibility index (Phi) is 4.10. The Morgan fingerprint density at radius 3 is 2.60 bits per heavy atom. The Morgan fingerprint density at radius 2 is 1.93 bits per heavy atom. The third-order valence-electron chi connectivity index (χ3n) is 6.52. The highest BCUT2D eigenvalue weighted by Crippen LogP contribution is 2.47. The second-order valence-corrected chi connectivity index (χ2v) is 9.49. The first kappa shape index (κ1) is 19.0. The molecule has 2 aromatic heterocycles. The van der Waals surface area contributed by atoms with Gasteiger partial charge in [0.1, 0.15) is 5.56 Å². The van der Waals surface area contributed by atoms with Crippen LogP contribution in [-0.2, 0) is 6.42 Å². The van der Waals surface area contributed by atoms with Gasteiger partial charge in [-0.25, -0.2) is 4.79 Å². The zero-order valence-electron chi connectivity index (χ0n) is 17.6. The summed E-state index contributed by atoms with van der Waals surface area (Å²) >= 11 is 0. The Labute approximate surface area is 174 Å². The summed E-state index contributed by atoms with van der Waals surface area (Å²) in [5, 5.41) is 10.6. The van der Waals surface area contributed by atoms with Gasteiger partial charge >= 0.3 is 5.97 Å². The average molecular weight is 406 g/mol. The topological polar surface area (TPSA) is 75.7 Å². The minimum absolute atomic E-state index is 0.00921. The van der Waals surface area contributed by atoms with Crippen LogP contribution < -0.4 is 10.3 Å².